The van der Waals surface area contributed by atoms with Crippen molar-refractivity contribution in [3.8, 4) is 5.69 Å². The van der Waals surface area contributed by atoms with Crippen molar-refractivity contribution in [1.29, 1.82) is 0 Å². The van der Waals surface area contributed by atoms with Gasteiger partial charge >= 0.3 is 0 Å². The van der Waals surface area contributed by atoms with Crippen LogP contribution in [0.1, 0.15) is 19.4 Å². The highest BCUT2D eigenvalue weighted by atomic mass is 32.2. The van der Waals surface area contributed by atoms with Gasteiger partial charge in [0.15, 0.2) is 5.65 Å². The van der Waals surface area contributed by atoms with E-state index in [-0.39, 0.29) is 5.91 Å². The van der Waals surface area contributed by atoms with Gasteiger partial charge in [-0.15, -0.1) is 0 Å². The first kappa shape index (κ1) is 17.4. The maximum atomic E-state index is 12.2. The van der Waals surface area contributed by atoms with Gasteiger partial charge in [-0.05, 0) is 32.9 Å². The molecule has 0 saturated heterocycles. The lowest BCUT2D eigenvalue weighted by molar-refractivity contribution is -0.127. The van der Waals surface area contributed by atoms with E-state index in [4.69, 9.17) is 0 Å². The molecule has 0 radical (unpaired) electrons. The third kappa shape index (κ3) is 3.66. The number of aromatic nitrogens is 4. The average molecular weight is 355 g/mol. The zero-order valence-electron chi connectivity index (χ0n) is 14.6. The number of carbonyl (C=O) groups is 1. The smallest absolute Gasteiger partial charge is 0.232 e. The molecule has 2 aromatic heterocycles. The normalized spacial score (nSPS) is 11.0. The van der Waals surface area contributed by atoms with Crippen LogP contribution in [-0.4, -0.2) is 49.4 Å². The predicted octanol–water partition coefficient (Wildman–Crippen LogP) is 3.08. The molecule has 3 rings (SSSR count). The lowest BCUT2D eigenvalue weighted by Crippen LogP contribution is -2.31. The van der Waals surface area contributed by atoms with Crippen LogP contribution in [0.2, 0.25) is 0 Å². The van der Waals surface area contributed by atoms with E-state index >= 15 is 0 Å². The minimum absolute atomic E-state index is 0.118. The van der Waals surface area contributed by atoms with Crippen molar-refractivity contribution < 1.29 is 4.79 Å². The summed E-state index contributed by atoms with van der Waals surface area (Å²) in [6.07, 6.45) is 3.29. The Morgan fingerprint density at radius 3 is 2.56 bits per heavy atom. The summed E-state index contributed by atoms with van der Waals surface area (Å²) in [5, 5.41) is 6.10. The molecule has 7 heteroatoms. The molecule has 0 unspecified atom stereocenters. The molecule has 130 valence electrons. The molecule has 0 aliphatic carbocycles. The van der Waals surface area contributed by atoms with Gasteiger partial charge in [0.1, 0.15) is 11.4 Å². The van der Waals surface area contributed by atoms with Crippen LogP contribution in [0, 0.1) is 6.92 Å². The first-order valence-electron chi connectivity index (χ1n) is 8.30. The van der Waals surface area contributed by atoms with Gasteiger partial charge in [-0.2, -0.15) is 5.10 Å². The van der Waals surface area contributed by atoms with Crippen LogP contribution in [-0.2, 0) is 4.79 Å². The van der Waals surface area contributed by atoms with E-state index in [1.54, 1.807) is 10.9 Å². The van der Waals surface area contributed by atoms with Crippen molar-refractivity contribution in [1.82, 2.24) is 24.6 Å². The second-order valence-corrected chi connectivity index (χ2v) is 6.63. The number of nitrogens with zero attached hydrogens (tertiary/aromatic N) is 5. The number of carbonyl (C=O) groups excluding carboxylic acids is 1. The Hall–Kier alpha value is -2.41. The lowest BCUT2D eigenvalue weighted by Gasteiger charge is -2.17. The molecule has 0 fully saturated rings. The van der Waals surface area contributed by atoms with Crippen LogP contribution in [0.5, 0.6) is 0 Å². The zero-order chi connectivity index (χ0) is 17.8. The Morgan fingerprint density at radius 2 is 1.88 bits per heavy atom. The number of thioether (sulfide) groups is 1. The number of hydrogen-bond acceptors (Lipinski definition) is 5. The molecule has 0 N–H and O–H groups in total. The van der Waals surface area contributed by atoms with Crippen molar-refractivity contribution in [2.75, 3.05) is 18.8 Å². The Morgan fingerprint density at radius 1 is 1.16 bits per heavy atom. The van der Waals surface area contributed by atoms with E-state index in [1.807, 2.05) is 43.0 Å². The SMILES string of the molecule is CCN(CC)C(=O)CSc1ncnc2c1cnn2-c1ccc(C)cc1. The standard InChI is InChI=1S/C18H21N5OS/c1-4-22(5-2)16(24)11-25-18-15-10-21-23(17(15)19-12-20-18)14-8-6-13(3)7-9-14/h6-10,12H,4-5,11H2,1-3H3. The molecule has 0 atom stereocenters. The van der Waals surface area contributed by atoms with Crippen LogP contribution in [0.4, 0.5) is 0 Å². The summed E-state index contributed by atoms with van der Waals surface area (Å²) in [6.45, 7) is 7.47. The van der Waals surface area contributed by atoms with Crippen LogP contribution < -0.4 is 0 Å². The monoisotopic (exact) mass is 355 g/mol. The third-order valence-corrected chi connectivity index (χ3v) is 5.05. The molecule has 0 spiro atoms. The maximum Gasteiger partial charge on any atom is 0.232 e. The first-order valence-corrected chi connectivity index (χ1v) is 9.29. The second kappa shape index (κ2) is 7.65. The largest absolute Gasteiger partial charge is 0.343 e. The number of hydrogen-bond donors (Lipinski definition) is 0. The molecule has 2 heterocycles. The lowest BCUT2D eigenvalue weighted by atomic mass is 10.2. The Kier molecular flexibility index (Phi) is 5.33. The maximum absolute atomic E-state index is 12.2. The van der Waals surface area contributed by atoms with Crippen molar-refractivity contribution in [3.63, 3.8) is 0 Å². The summed E-state index contributed by atoms with van der Waals surface area (Å²) in [4.78, 5) is 22.7. The molecule has 1 amide bonds. The Bertz CT molecular complexity index is 871. The third-order valence-electron chi connectivity index (χ3n) is 4.06. The van der Waals surface area contributed by atoms with Crippen LogP contribution >= 0.6 is 11.8 Å². The summed E-state index contributed by atoms with van der Waals surface area (Å²) in [6, 6.07) is 8.12. The number of fused-ring (bicyclic) bond motifs is 1. The van der Waals surface area contributed by atoms with Gasteiger partial charge in [0, 0.05) is 13.1 Å². The molecule has 1 aromatic carbocycles. The number of aryl methyl sites for hydroxylation is 1. The van der Waals surface area contributed by atoms with Crippen LogP contribution in [0.25, 0.3) is 16.7 Å². The topological polar surface area (TPSA) is 63.9 Å². The van der Waals surface area contributed by atoms with Gasteiger partial charge in [0.05, 0.1) is 23.0 Å². The van der Waals surface area contributed by atoms with Gasteiger partial charge in [0.25, 0.3) is 0 Å². The van der Waals surface area contributed by atoms with Gasteiger partial charge in [-0.25, -0.2) is 14.6 Å². The molecule has 0 aliphatic rings. The fourth-order valence-electron chi connectivity index (χ4n) is 2.61. The average Bonchev–Trinajstić information content (AvgIpc) is 3.06. The van der Waals surface area contributed by atoms with Crippen molar-refractivity contribution in [2.24, 2.45) is 0 Å². The van der Waals surface area contributed by atoms with Crippen molar-refractivity contribution in [2.45, 2.75) is 25.8 Å². The molecule has 25 heavy (non-hydrogen) atoms. The molecule has 0 bridgehead atoms. The highest BCUT2D eigenvalue weighted by molar-refractivity contribution is 8.00. The molecule has 6 nitrogen and oxygen atoms in total. The van der Waals surface area contributed by atoms with E-state index in [0.29, 0.717) is 5.75 Å². The summed E-state index contributed by atoms with van der Waals surface area (Å²) in [7, 11) is 0. The summed E-state index contributed by atoms with van der Waals surface area (Å²) in [5.41, 5.74) is 2.90. The Labute approximate surface area is 151 Å². The summed E-state index contributed by atoms with van der Waals surface area (Å²) in [5.74, 6) is 0.483. The van der Waals surface area contributed by atoms with E-state index in [1.165, 1.54) is 23.7 Å². The minimum Gasteiger partial charge on any atom is -0.343 e. The van der Waals surface area contributed by atoms with Gasteiger partial charge < -0.3 is 4.90 Å². The highest BCUT2D eigenvalue weighted by Crippen LogP contribution is 2.26. The summed E-state index contributed by atoms with van der Waals surface area (Å²) < 4.78 is 1.80. The first-order chi connectivity index (χ1) is 12.1. The minimum atomic E-state index is 0.118. The van der Waals surface area contributed by atoms with Crippen LogP contribution in [0.15, 0.2) is 41.8 Å². The molecular weight excluding hydrogens is 334 g/mol. The molecule has 3 aromatic rings. The zero-order valence-corrected chi connectivity index (χ0v) is 15.5. The Balaban J connectivity index is 1.86. The predicted molar refractivity (Wildman–Crippen MR) is 100 cm³/mol. The van der Waals surface area contributed by atoms with Gasteiger partial charge in [0.2, 0.25) is 5.91 Å². The van der Waals surface area contributed by atoms with Crippen LogP contribution in [0.3, 0.4) is 0 Å². The van der Waals surface area contributed by atoms with Gasteiger partial charge in [-0.1, -0.05) is 29.5 Å². The van der Waals surface area contributed by atoms with E-state index in [9.17, 15) is 4.79 Å². The number of amides is 1. The molecular formula is C18H21N5OS. The van der Waals surface area contributed by atoms with Gasteiger partial charge in [-0.3, -0.25) is 4.79 Å². The molecule has 0 saturated carbocycles. The van der Waals surface area contributed by atoms with Crippen molar-refractivity contribution >= 4 is 28.7 Å². The highest BCUT2D eigenvalue weighted by Gasteiger charge is 2.15. The van der Waals surface area contributed by atoms with E-state index < -0.39 is 0 Å². The second-order valence-electron chi connectivity index (χ2n) is 5.66. The van der Waals surface area contributed by atoms with E-state index in [0.717, 1.165) is 34.8 Å². The summed E-state index contributed by atoms with van der Waals surface area (Å²) >= 11 is 1.43. The quantitative estimate of drug-likeness (QED) is 0.502. The van der Waals surface area contributed by atoms with Crippen molar-refractivity contribution in [3.05, 3.63) is 42.4 Å². The number of rotatable bonds is 6. The fourth-order valence-corrected chi connectivity index (χ4v) is 3.47. The fraction of sp³-hybridized carbons (Fsp3) is 0.333. The molecule has 0 aliphatic heterocycles. The number of benzene rings is 1. The van der Waals surface area contributed by atoms with E-state index in [2.05, 4.69) is 22.0 Å².